The number of nitrogens with two attached hydrogens (primary N) is 1. The molecule has 0 amide bonds. The van der Waals surface area contributed by atoms with Crippen molar-refractivity contribution < 1.29 is 9.90 Å². The summed E-state index contributed by atoms with van der Waals surface area (Å²) in [5.41, 5.74) is 7.33. The van der Waals surface area contributed by atoms with Crippen LogP contribution in [0, 0.1) is 5.92 Å². The Labute approximate surface area is 100 Å². The molecular weight excluding hydrogens is 216 g/mol. The summed E-state index contributed by atoms with van der Waals surface area (Å²) in [6, 6.07) is 5.72. The van der Waals surface area contributed by atoms with E-state index in [-0.39, 0.29) is 0 Å². The first-order valence-electron chi connectivity index (χ1n) is 6.04. The average molecular weight is 232 g/mol. The molecule has 4 heteroatoms. The minimum absolute atomic E-state index is 0.331. The number of nitrogen functional groups attached to an aromatic ring is 1. The van der Waals surface area contributed by atoms with Crippen LogP contribution in [0.2, 0.25) is 0 Å². The summed E-state index contributed by atoms with van der Waals surface area (Å²) in [5.74, 6) is -0.144. The van der Waals surface area contributed by atoms with Gasteiger partial charge in [0.2, 0.25) is 0 Å². The predicted molar refractivity (Wildman–Crippen MR) is 66.3 cm³/mol. The van der Waals surface area contributed by atoms with Gasteiger partial charge in [0.1, 0.15) is 0 Å². The lowest BCUT2D eigenvalue weighted by Gasteiger charge is -2.30. The Morgan fingerprint density at radius 3 is 2.82 bits per heavy atom. The average Bonchev–Trinajstić information content (AvgIpc) is 2.90. The number of fused-ring (bicyclic) bond motifs is 2. The Bertz CT molecular complexity index is 472. The van der Waals surface area contributed by atoms with Gasteiger partial charge in [0, 0.05) is 18.3 Å². The molecule has 1 aliphatic carbocycles. The molecule has 1 aromatic rings. The molecule has 17 heavy (non-hydrogen) atoms. The van der Waals surface area contributed by atoms with Gasteiger partial charge >= 0.3 is 5.97 Å². The SMILES string of the molecule is Nc1ccc(N2CC3CCC2C3)c(C(=O)O)c1. The maximum Gasteiger partial charge on any atom is 0.337 e. The summed E-state index contributed by atoms with van der Waals surface area (Å²) < 4.78 is 0. The monoisotopic (exact) mass is 232 g/mol. The summed E-state index contributed by atoms with van der Waals surface area (Å²) in [6.07, 6.45) is 3.69. The van der Waals surface area contributed by atoms with E-state index in [0.717, 1.165) is 18.2 Å². The normalized spacial score (nSPS) is 26.5. The molecule has 1 heterocycles. The smallest absolute Gasteiger partial charge is 0.337 e. The highest BCUT2D eigenvalue weighted by Crippen LogP contribution is 2.41. The van der Waals surface area contributed by atoms with Crippen LogP contribution in [0.3, 0.4) is 0 Å². The second kappa shape index (κ2) is 3.65. The van der Waals surface area contributed by atoms with E-state index in [1.165, 1.54) is 19.3 Å². The van der Waals surface area contributed by atoms with Crippen LogP contribution in [0.15, 0.2) is 18.2 Å². The molecule has 4 nitrogen and oxygen atoms in total. The molecule has 3 N–H and O–H groups in total. The van der Waals surface area contributed by atoms with Crippen molar-refractivity contribution in [2.75, 3.05) is 17.2 Å². The molecule has 2 aliphatic rings. The van der Waals surface area contributed by atoms with Crippen molar-refractivity contribution in [3.05, 3.63) is 23.8 Å². The van der Waals surface area contributed by atoms with Crippen LogP contribution in [-0.4, -0.2) is 23.7 Å². The third-order valence-corrected chi connectivity index (χ3v) is 3.97. The third kappa shape index (κ3) is 1.64. The van der Waals surface area contributed by atoms with Gasteiger partial charge in [0.15, 0.2) is 0 Å². The zero-order chi connectivity index (χ0) is 12.0. The molecule has 1 aliphatic heterocycles. The molecule has 2 atom stereocenters. The molecule has 2 bridgehead atoms. The minimum atomic E-state index is -0.893. The van der Waals surface area contributed by atoms with Gasteiger partial charge in [-0.1, -0.05) is 0 Å². The Kier molecular flexibility index (Phi) is 2.24. The van der Waals surface area contributed by atoms with Gasteiger partial charge in [-0.2, -0.15) is 0 Å². The molecular formula is C13H16N2O2. The number of rotatable bonds is 2. The first kappa shape index (κ1) is 10.4. The maximum atomic E-state index is 11.3. The highest BCUT2D eigenvalue weighted by atomic mass is 16.4. The summed E-state index contributed by atoms with van der Waals surface area (Å²) in [6.45, 7) is 0.995. The van der Waals surface area contributed by atoms with Gasteiger partial charge in [-0.3, -0.25) is 0 Å². The molecule has 2 unspecified atom stereocenters. The van der Waals surface area contributed by atoms with Gasteiger partial charge in [0.25, 0.3) is 0 Å². The van der Waals surface area contributed by atoms with Crippen molar-refractivity contribution in [1.82, 2.24) is 0 Å². The number of carboxylic acids is 1. The van der Waals surface area contributed by atoms with E-state index in [2.05, 4.69) is 4.90 Å². The number of nitrogens with zero attached hydrogens (tertiary/aromatic N) is 1. The Balaban J connectivity index is 2.00. The van der Waals surface area contributed by atoms with Gasteiger partial charge < -0.3 is 15.7 Å². The summed E-state index contributed by atoms with van der Waals surface area (Å²) in [5, 5.41) is 9.24. The van der Waals surface area contributed by atoms with Crippen LogP contribution < -0.4 is 10.6 Å². The van der Waals surface area contributed by atoms with Crippen molar-refractivity contribution in [2.45, 2.75) is 25.3 Å². The zero-order valence-corrected chi connectivity index (χ0v) is 9.60. The predicted octanol–water partition coefficient (Wildman–Crippen LogP) is 1.96. The number of carboxylic acid groups (broad SMARTS) is 1. The van der Waals surface area contributed by atoms with Crippen LogP contribution in [0.1, 0.15) is 29.6 Å². The van der Waals surface area contributed by atoms with E-state index < -0.39 is 5.97 Å². The Morgan fingerprint density at radius 2 is 2.24 bits per heavy atom. The molecule has 2 fully saturated rings. The van der Waals surface area contributed by atoms with E-state index in [1.807, 2.05) is 6.07 Å². The van der Waals surface area contributed by atoms with E-state index in [9.17, 15) is 9.90 Å². The molecule has 0 radical (unpaired) electrons. The number of benzene rings is 1. The topological polar surface area (TPSA) is 66.6 Å². The lowest BCUT2D eigenvalue weighted by Crippen LogP contribution is -2.33. The fraction of sp³-hybridized carbons (Fsp3) is 0.462. The summed E-state index contributed by atoms with van der Waals surface area (Å²) in [7, 11) is 0. The van der Waals surface area contributed by atoms with Crippen molar-refractivity contribution in [3.63, 3.8) is 0 Å². The lowest BCUT2D eigenvalue weighted by molar-refractivity contribution is 0.0697. The van der Waals surface area contributed by atoms with Gasteiger partial charge in [-0.05, 0) is 43.4 Å². The number of hydrogen-bond donors (Lipinski definition) is 2. The summed E-state index contributed by atoms with van der Waals surface area (Å²) in [4.78, 5) is 13.5. The van der Waals surface area contributed by atoms with Crippen LogP contribution in [0.25, 0.3) is 0 Å². The number of carbonyl (C=O) groups is 1. The van der Waals surface area contributed by atoms with Gasteiger partial charge in [-0.25, -0.2) is 4.79 Å². The highest BCUT2D eigenvalue weighted by molar-refractivity contribution is 5.95. The molecule has 3 rings (SSSR count). The summed E-state index contributed by atoms with van der Waals surface area (Å²) >= 11 is 0. The first-order chi connectivity index (χ1) is 8.15. The van der Waals surface area contributed by atoms with E-state index in [1.54, 1.807) is 12.1 Å². The number of piperidine rings is 1. The van der Waals surface area contributed by atoms with Crippen molar-refractivity contribution >= 4 is 17.3 Å². The minimum Gasteiger partial charge on any atom is -0.478 e. The molecule has 1 saturated heterocycles. The maximum absolute atomic E-state index is 11.3. The van der Waals surface area contributed by atoms with Crippen LogP contribution in [-0.2, 0) is 0 Å². The van der Waals surface area contributed by atoms with Crippen LogP contribution in [0.4, 0.5) is 11.4 Å². The van der Waals surface area contributed by atoms with E-state index >= 15 is 0 Å². The van der Waals surface area contributed by atoms with Crippen molar-refractivity contribution in [1.29, 1.82) is 0 Å². The third-order valence-electron chi connectivity index (χ3n) is 3.97. The quantitative estimate of drug-likeness (QED) is 0.765. The standard InChI is InChI=1S/C13H16N2O2/c14-9-2-4-12(11(6-9)13(16)17)15-7-8-1-3-10(15)5-8/h2,4,6,8,10H,1,3,5,7,14H2,(H,16,17). The molecule has 90 valence electrons. The number of aromatic carboxylic acids is 1. The van der Waals surface area contributed by atoms with Crippen LogP contribution in [0.5, 0.6) is 0 Å². The number of anilines is 2. The largest absolute Gasteiger partial charge is 0.478 e. The number of hydrogen-bond acceptors (Lipinski definition) is 3. The second-order valence-electron chi connectivity index (χ2n) is 5.07. The molecule has 0 aromatic heterocycles. The highest BCUT2D eigenvalue weighted by Gasteiger charge is 2.38. The zero-order valence-electron chi connectivity index (χ0n) is 9.60. The van der Waals surface area contributed by atoms with Crippen molar-refractivity contribution in [2.24, 2.45) is 5.92 Å². The van der Waals surface area contributed by atoms with E-state index in [4.69, 9.17) is 5.73 Å². The molecule has 1 aromatic carbocycles. The fourth-order valence-electron chi connectivity index (χ4n) is 3.20. The Morgan fingerprint density at radius 1 is 1.41 bits per heavy atom. The molecule has 1 saturated carbocycles. The molecule has 0 spiro atoms. The van der Waals surface area contributed by atoms with E-state index in [0.29, 0.717) is 17.3 Å². The Hall–Kier alpha value is -1.71. The lowest BCUT2D eigenvalue weighted by atomic mass is 10.1. The van der Waals surface area contributed by atoms with Crippen LogP contribution >= 0.6 is 0 Å². The van der Waals surface area contributed by atoms with Gasteiger partial charge in [0.05, 0.1) is 11.3 Å². The van der Waals surface area contributed by atoms with Crippen molar-refractivity contribution in [3.8, 4) is 0 Å². The van der Waals surface area contributed by atoms with Gasteiger partial charge in [-0.15, -0.1) is 0 Å². The second-order valence-corrected chi connectivity index (χ2v) is 5.07. The first-order valence-corrected chi connectivity index (χ1v) is 6.04. The fourth-order valence-corrected chi connectivity index (χ4v) is 3.20.